The first-order valence-corrected chi connectivity index (χ1v) is 8.55. The Bertz CT molecular complexity index is 153. The van der Waals surface area contributed by atoms with Crippen LogP contribution in [0.2, 0.25) is 0 Å². The average molecular weight is 291 g/mol. The summed E-state index contributed by atoms with van der Waals surface area (Å²) in [7, 11) is 0.500. The zero-order valence-corrected chi connectivity index (χ0v) is 14.7. The molecule has 1 aliphatic rings. The van der Waals surface area contributed by atoms with Gasteiger partial charge >= 0.3 is 0 Å². The molecule has 0 aliphatic carbocycles. The van der Waals surface area contributed by atoms with E-state index >= 15 is 0 Å². The van der Waals surface area contributed by atoms with Gasteiger partial charge in [0.25, 0.3) is 0 Å². The van der Waals surface area contributed by atoms with Crippen molar-refractivity contribution in [3.05, 3.63) is 0 Å². The molecule has 0 amide bonds. The Morgan fingerprint density at radius 3 is 1.85 bits per heavy atom. The lowest BCUT2D eigenvalue weighted by atomic mass is 10.2. The van der Waals surface area contributed by atoms with Crippen LogP contribution in [-0.2, 0) is 0 Å². The molecule has 1 saturated heterocycles. The van der Waals surface area contributed by atoms with Crippen LogP contribution in [0.3, 0.4) is 0 Å². The number of hydrogen-bond donors (Lipinski definition) is 1. The van der Waals surface area contributed by atoms with Crippen molar-refractivity contribution >= 4 is 0 Å². The predicted molar refractivity (Wildman–Crippen MR) is 90.2 cm³/mol. The van der Waals surface area contributed by atoms with Crippen LogP contribution in [0.15, 0.2) is 0 Å². The van der Waals surface area contributed by atoms with E-state index < -0.39 is 0 Å². The van der Waals surface area contributed by atoms with Gasteiger partial charge in [-0.15, -0.1) is 0 Å². The Labute approximate surface area is 127 Å². The van der Waals surface area contributed by atoms with Crippen molar-refractivity contribution in [1.82, 2.24) is 10.2 Å². The van der Waals surface area contributed by atoms with Gasteiger partial charge in [0.1, 0.15) is 0 Å². The molecular formula is C17H39FN2. The summed E-state index contributed by atoms with van der Waals surface area (Å²) in [6, 6.07) is 0. The molecule has 1 fully saturated rings. The highest BCUT2D eigenvalue weighted by Gasteiger charge is 2.06. The first kappa shape index (κ1) is 22.1. The Morgan fingerprint density at radius 2 is 1.55 bits per heavy atom. The molecule has 0 bridgehead atoms. The normalized spacial score (nSPS) is 17.2. The second kappa shape index (κ2) is 18.9. The summed E-state index contributed by atoms with van der Waals surface area (Å²) in [5, 5.41) is 3.27. The minimum atomic E-state index is 0.500. The highest BCUT2D eigenvalue weighted by atomic mass is 19.1. The number of alkyl halides is 1. The fraction of sp³-hybridized carbons (Fsp3) is 1.00. The maximum atomic E-state index is 9.50. The molecule has 0 aromatic rings. The molecule has 0 spiro atoms. The third-order valence-electron chi connectivity index (χ3n) is 3.46. The minimum absolute atomic E-state index is 0.500. The van der Waals surface area contributed by atoms with Gasteiger partial charge in [-0.2, -0.15) is 0 Å². The number of nitrogens with one attached hydrogen (secondary N) is 1. The molecule has 0 aromatic heterocycles. The first-order chi connectivity index (χ1) is 9.74. The van der Waals surface area contributed by atoms with Gasteiger partial charge in [-0.05, 0) is 64.3 Å². The fourth-order valence-corrected chi connectivity index (χ4v) is 2.35. The fourth-order valence-electron chi connectivity index (χ4n) is 2.35. The summed E-state index contributed by atoms with van der Waals surface area (Å²) in [6.45, 7) is 15.4. The third-order valence-corrected chi connectivity index (χ3v) is 3.46. The summed E-state index contributed by atoms with van der Waals surface area (Å²) < 4.78 is 9.50. The van der Waals surface area contributed by atoms with Gasteiger partial charge in [0.2, 0.25) is 0 Å². The van der Waals surface area contributed by atoms with Gasteiger partial charge in [0.15, 0.2) is 0 Å². The molecule has 1 heterocycles. The van der Waals surface area contributed by atoms with E-state index in [0.29, 0.717) is 7.18 Å². The van der Waals surface area contributed by atoms with Crippen molar-refractivity contribution in [3.8, 4) is 0 Å². The zero-order chi connectivity index (χ0) is 15.6. The van der Waals surface area contributed by atoms with Crippen molar-refractivity contribution < 1.29 is 4.39 Å². The maximum absolute atomic E-state index is 9.50. The topological polar surface area (TPSA) is 15.3 Å². The van der Waals surface area contributed by atoms with E-state index in [1.807, 2.05) is 0 Å². The van der Waals surface area contributed by atoms with Crippen LogP contribution < -0.4 is 5.32 Å². The van der Waals surface area contributed by atoms with Gasteiger partial charge in [-0.1, -0.05) is 40.5 Å². The van der Waals surface area contributed by atoms with Crippen molar-refractivity contribution in [3.63, 3.8) is 0 Å². The van der Waals surface area contributed by atoms with Crippen LogP contribution in [0.4, 0.5) is 4.39 Å². The number of halogens is 1. The molecule has 1 aliphatic heterocycles. The van der Waals surface area contributed by atoms with Gasteiger partial charge in [-0.3, -0.25) is 4.39 Å². The molecular weight excluding hydrogens is 251 g/mol. The number of nitrogens with zero attached hydrogens (tertiary/aromatic N) is 1. The number of rotatable bonds is 8. The summed E-state index contributed by atoms with van der Waals surface area (Å²) in [5.74, 6) is 0.935. The van der Waals surface area contributed by atoms with Crippen molar-refractivity contribution in [2.24, 2.45) is 5.92 Å². The van der Waals surface area contributed by atoms with Crippen LogP contribution in [0, 0.1) is 5.92 Å². The van der Waals surface area contributed by atoms with Gasteiger partial charge in [0, 0.05) is 0 Å². The van der Waals surface area contributed by atoms with E-state index in [0.717, 1.165) is 5.92 Å². The second-order valence-electron chi connectivity index (χ2n) is 5.65. The molecule has 3 heteroatoms. The maximum Gasteiger partial charge on any atom is 0.0785 e. The molecule has 0 radical (unpaired) electrons. The van der Waals surface area contributed by atoms with Gasteiger partial charge < -0.3 is 10.2 Å². The SMILES string of the molecule is CC1CCNC1.CCCCCN(CCC)CCC.CF. The largest absolute Gasteiger partial charge is 0.316 e. The van der Waals surface area contributed by atoms with Crippen molar-refractivity contribution in [2.75, 3.05) is 39.9 Å². The van der Waals surface area contributed by atoms with E-state index in [1.165, 1.54) is 71.2 Å². The van der Waals surface area contributed by atoms with Gasteiger partial charge in [-0.25, -0.2) is 0 Å². The summed E-state index contributed by atoms with van der Waals surface area (Å²) in [4.78, 5) is 2.59. The lowest BCUT2D eigenvalue weighted by Crippen LogP contribution is -2.26. The van der Waals surface area contributed by atoms with Crippen LogP contribution in [0.5, 0.6) is 0 Å². The van der Waals surface area contributed by atoms with Crippen LogP contribution >= 0.6 is 0 Å². The van der Waals surface area contributed by atoms with E-state index in [4.69, 9.17) is 0 Å². The lowest BCUT2D eigenvalue weighted by Gasteiger charge is -2.20. The highest BCUT2D eigenvalue weighted by Crippen LogP contribution is 2.03. The van der Waals surface area contributed by atoms with E-state index in [2.05, 4.69) is 37.9 Å². The Balaban J connectivity index is 0. The van der Waals surface area contributed by atoms with Crippen LogP contribution in [0.1, 0.15) is 66.2 Å². The lowest BCUT2D eigenvalue weighted by molar-refractivity contribution is 0.269. The summed E-state index contributed by atoms with van der Waals surface area (Å²) in [5.41, 5.74) is 0. The van der Waals surface area contributed by atoms with Crippen molar-refractivity contribution in [1.29, 1.82) is 0 Å². The van der Waals surface area contributed by atoms with Crippen LogP contribution in [-0.4, -0.2) is 44.8 Å². The standard InChI is InChI=1S/C11H25N.C5H11N.CH3F/c1-4-7-8-11-12(9-5-2)10-6-3;1-5-2-3-6-4-5;1-2/h4-11H2,1-3H3;5-6H,2-4H2,1H3;1H3. The first-order valence-electron chi connectivity index (χ1n) is 8.55. The molecule has 1 unspecified atom stereocenters. The van der Waals surface area contributed by atoms with Gasteiger partial charge in [0.05, 0.1) is 7.18 Å². The highest BCUT2D eigenvalue weighted by molar-refractivity contribution is 4.65. The monoisotopic (exact) mass is 290 g/mol. The third kappa shape index (κ3) is 15.9. The molecule has 0 aromatic carbocycles. The molecule has 2 nitrogen and oxygen atoms in total. The molecule has 1 N–H and O–H groups in total. The number of unbranched alkanes of at least 4 members (excludes halogenated alkanes) is 2. The Kier molecular flexibility index (Phi) is 20.9. The minimum Gasteiger partial charge on any atom is -0.316 e. The zero-order valence-electron chi connectivity index (χ0n) is 14.7. The van der Waals surface area contributed by atoms with E-state index in [1.54, 1.807) is 0 Å². The predicted octanol–water partition coefficient (Wildman–Crippen LogP) is 4.50. The Morgan fingerprint density at radius 1 is 0.950 bits per heavy atom. The summed E-state index contributed by atoms with van der Waals surface area (Å²) in [6.07, 6.45) is 8.09. The van der Waals surface area contributed by atoms with Crippen molar-refractivity contribution in [2.45, 2.75) is 66.2 Å². The smallest absolute Gasteiger partial charge is 0.0785 e. The second-order valence-corrected chi connectivity index (χ2v) is 5.65. The number of hydrogen-bond acceptors (Lipinski definition) is 2. The Hall–Kier alpha value is -0.150. The van der Waals surface area contributed by atoms with E-state index in [9.17, 15) is 4.39 Å². The molecule has 1 rings (SSSR count). The average Bonchev–Trinajstić information content (AvgIpc) is 2.94. The molecule has 20 heavy (non-hydrogen) atoms. The molecule has 1 atom stereocenters. The quantitative estimate of drug-likeness (QED) is 0.662. The van der Waals surface area contributed by atoms with E-state index in [-0.39, 0.29) is 0 Å². The van der Waals surface area contributed by atoms with Crippen LogP contribution in [0.25, 0.3) is 0 Å². The molecule has 124 valence electrons. The summed E-state index contributed by atoms with van der Waals surface area (Å²) >= 11 is 0. The molecule has 0 saturated carbocycles.